The minimum absolute atomic E-state index is 0.230. The molecule has 6 nitrogen and oxygen atoms in total. The largest absolute Gasteiger partial charge is 0.484 e. The molecule has 31 heavy (non-hydrogen) atoms. The van der Waals surface area contributed by atoms with E-state index < -0.39 is 0 Å². The number of piperidine rings is 1. The molecule has 1 aromatic carbocycles. The number of hydrogen-bond acceptors (Lipinski definition) is 5. The van der Waals surface area contributed by atoms with Gasteiger partial charge >= 0.3 is 0 Å². The van der Waals surface area contributed by atoms with Gasteiger partial charge in [-0.05, 0) is 49.7 Å². The van der Waals surface area contributed by atoms with Crippen molar-refractivity contribution in [3.8, 4) is 5.75 Å². The first-order valence-electron chi connectivity index (χ1n) is 11.4. The number of rotatable bonds is 7. The standard InChI is InChI=1S/C23H29ClN4O2S/c24-19-7-3-4-8-20(19)30-14-21-25-26-23(28(21)18-9-10-18)31-15-22(29)27-12-11-16-5-1-2-6-17(16)13-27/h3-4,7-8,16-18H,1-2,5-6,9-15H2/t16-,17-/m0/s1. The quantitative estimate of drug-likeness (QED) is 0.545. The Hall–Kier alpha value is -1.73. The minimum Gasteiger partial charge on any atom is -0.484 e. The number of fused-ring (bicyclic) bond motifs is 1. The van der Waals surface area contributed by atoms with Crippen LogP contribution in [0.15, 0.2) is 29.4 Å². The number of amides is 1. The first-order valence-corrected chi connectivity index (χ1v) is 12.8. The number of benzene rings is 1. The van der Waals surface area contributed by atoms with E-state index in [-0.39, 0.29) is 5.91 Å². The summed E-state index contributed by atoms with van der Waals surface area (Å²) in [7, 11) is 0. The third kappa shape index (κ3) is 4.87. The minimum atomic E-state index is 0.230. The van der Waals surface area contributed by atoms with Crippen LogP contribution in [-0.4, -0.2) is 44.4 Å². The number of nitrogens with zero attached hydrogens (tertiary/aromatic N) is 4. The zero-order valence-electron chi connectivity index (χ0n) is 17.7. The van der Waals surface area contributed by atoms with Crippen molar-refractivity contribution in [1.82, 2.24) is 19.7 Å². The Labute approximate surface area is 192 Å². The third-order valence-corrected chi connectivity index (χ3v) is 8.05. The topological polar surface area (TPSA) is 60.2 Å². The Kier molecular flexibility index (Phi) is 6.41. The van der Waals surface area contributed by atoms with Gasteiger partial charge in [0.05, 0.1) is 10.8 Å². The smallest absolute Gasteiger partial charge is 0.233 e. The molecule has 2 aliphatic carbocycles. The van der Waals surface area contributed by atoms with Gasteiger partial charge < -0.3 is 9.64 Å². The molecule has 1 saturated heterocycles. The zero-order chi connectivity index (χ0) is 21.2. The van der Waals surface area contributed by atoms with Crippen LogP contribution < -0.4 is 4.74 Å². The second-order valence-electron chi connectivity index (χ2n) is 8.94. The third-order valence-electron chi connectivity index (χ3n) is 6.81. The molecule has 0 N–H and O–H groups in total. The predicted molar refractivity (Wildman–Crippen MR) is 121 cm³/mol. The second kappa shape index (κ2) is 9.41. The predicted octanol–water partition coefficient (Wildman–Crippen LogP) is 4.98. The van der Waals surface area contributed by atoms with E-state index in [0.29, 0.717) is 35.1 Å². The maximum absolute atomic E-state index is 12.9. The Balaban J connectivity index is 1.20. The molecule has 2 heterocycles. The van der Waals surface area contributed by atoms with Crippen LogP contribution in [0.3, 0.4) is 0 Å². The molecule has 0 bridgehead atoms. The van der Waals surface area contributed by atoms with E-state index in [2.05, 4.69) is 19.7 Å². The van der Waals surface area contributed by atoms with E-state index >= 15 is 0 Å². The van der Waals surface area contributed by atoms with Crippen LogP contribution in [0.2, 0.25) is 5.02 Å². The van der Waals surface area contributed by atoms with Gasteiger partial charge in [-0.1, -0.05) is 54.8 Å². The average molecular weight is 461 g/mol. The highest BCUT2D eigenvalue weighted by Crippen LogP contribution is 2.40. The number of ether oxygens (including phenoxy) is 1. The van der Waals surface area contributed by atoms with Crippen molar-refractivity contribution in [3.05, 3.63) is 35.1 Å². The number of carbonyl (C=O) groups excluding carboxylic acids is 1. The molecule has 5 rings (SSSR count). The van der Waals surface area contributed by atoms with Crippen molar-refractivity contribution >= 4 is 29.3 Å². The molecular weight excluding hydrogens is 432 g/mol. The molecule has 0 radical (unpaired) electrons. The maximum Gasteiger partial charge on any atom is 0.233 e. The molecular formula is C23H29ClN4O2S. The summed E-state index contributed by atoms with van der Waals surface area (Å²) in [6.45, 7) is 2.17. The van der Waals surface area contributed by atoms with Crippen LogP contribution in [0.25, 0.3) is 0 Å². The molecule has 0 unspecified atom stereocenters. The van der Waals surface area contributed by atoms with Crippen molar-refractivity contribution in [3.63, 3.8) is 0 Å². The van der Waals surface area contributed by atoms with Crippen LogP contribution in [0.4, 0.5) is 0 Å². The average Bonchev–Trinajstić information content (AvgIpc) is 3.56. The van der Waals surface area contributed by atoms with Gasteiger partial charge in [-0.3, -0.25) is 9.36 Å². The van der Waals surface area contributed by atoms with Crippen LogP contribution in [0, 0.1) is 11.8 Å². The van der Waals surface area contributed by atoms with Crippen LogP contribution in [0.5, 0.6) is 5.75 Å². The Morgan fingerprint density at radius 3 is 2.71 bits per heavy atom. The number of carbonyl (C=O) groups is 1. The van der Waals surface area contributed by atoms with E-state index in [4.69, 9.17) is 16.3 Å². The van der Waals surface area contributed by atoms with Gasteiger partial charge in [-0.2, -0.15) is 0 Å². The van der Waals surface area contributed by atoms with Crippen LogP contribution in [0.1, 0.15) is 56.8 Å². The molecule has 1 aliphatic heterocycles. The van der Waals surface area contributed by atoms with Crippen molar-refractivity contribution < 1.29 is 9.53 Å². The normalized spacial score (nSPS) is 23.5. The number of thioether (sulfide) groups is 1. The summed E-state index contributed by atoms with van der Waals surface area (Å²) >= 11 is 7.71. The number of para-hydroxylation sites is 1. The van der Waals surface area contributed by atoms with Crippen LogP contribution in [-0.2, 0) is 11.4 Å². The fourth-order valence-electron chi connectivity index (χ4n) is 4.95. The maximum atomic E-state index is 12.9. The van der Waals surface area contributed by atoms with Gasteiger partial charge in [-0.25, -0.2) is 0 Å². The fourth-order valence-corrected chi connectivity index (χ4v) is 6.07. The SMILES string of the molecule is O=C(CSc1nnc(COc2ccccc2Cl)n1C1CC1)N1CC[C@@H]2CCCC[C@H]2C1. The molecule has 3 aliphatic rings. The fraction of sp³-hybridized carbons (Fsp3) is 0.609. The summed E-state index contributed by atoms with van der Waals surface area (Å²) in [5.41, 5.74) is 0. The molecule has 3 fully saturated rings. The van der Waals surface area contributed by atoms with Gasteiger partial charge in [-0.15, -0.1) is 10.2 Å². The monoisotopic (exact) mass is 460 g/mol. The summed E-state index contributed by atoms with van der Waals surface area (Å²) < 4.78 is 8.04. The lowest BCUT2D eigenvalue weighted by molar-refractivity contribution is -0.131. The lowest BCUT2D eigenvalue weighted by atomic mass is 9.75. The molecule has 1 amide bonds. The van der Waals surface area contributed by atoms with Crippen molar-refractivity contribution in [2.45, 2.75) is 62.8 Å². The Morgan fingerprint density at radius 2 is 1.90 bits per heavy atom. The summed E-state index contributed by atoms with van der Waals surface area (Å²) in [5, 5.41) is 10.2. The van der Waals surface area contributed by atoms with Gasteiger partial charge in [0, 0.05) is 19.1 Å². The Morgan fingerprint density at radius 1 is 1.10 bits per heavy atom. The van der Waals surface area contributed by atoms with E-state index in [0.717, 1.165) is 42.8 Å². The molecule has 0 spiro atoms. The second-order valence-corrected chi connectivity index (χ2v) is 10.3. The number of hydrogen-bond donors (Lipinski definition) is 0. The lowest BCUT2D eigenvalue weighted by Gasteiger charge is -2.41. The van der Waals surface area contributed by atoms with E-state index in [1.807, 2.05) is 24.3 Å². The first kappa shape index (κ1) is 21.1. The van der Waals surface area contributed by atoms with Crippen molar-refractivity contribution in [2.24, 2.45) is 11.8 Å². The van der Waals surface area contributed by atoms with Gasteiger partial charge in [0.1, 0.15) is 12.4 Å². The lowest BCUT2D eigenvalue weighted by Crippen LogP contribution is -2.45. The number of likely N-dealkylation sites (tertiary alicyclic amines) is 1. The van der Waals surface area contributed by atoms with E-state index in [9.17, 15) is 4.79 Å². The highest BCUT2D eigenvalue weighted by atomic mass is 35.5. The highest BCUT2D eigenvalue weighted by Gasteiger charge is 2.34. The van der Waals surface area contributed by atoms with E-state index in [1.54, 1.807) is 0 Å². The molecule has 1 aromatic heterocycles. The van der Waals surface area contributed by atoms with Gasteiger partial charge in [0.25, 0.3) is 0 Å². The summed E-state index contributed by atoms with van der Waals surface area (Å²) in [5.74, 6) is 3.64. The molecule has 166 valence electrons. The number of halogens is 1. The van der Waals surface area contributed by atoms with Gasteiger partial charge in [0.2, 0.25) is 5.91 Å². The summed E-state index contributed by atoms with van der Waals surface area (Å²) in [6.07, 6.45) is 8.73. The Bertz CT molecular complexity index is 932. The molecule has 8 heteroatoms. The van der Waals surface area contributed by atoms with E-state index in [1.165, 1.54) is 43.9 Å². The van der Waals surface area contributed by atoms with Crippen molar-refractivity contribution in [1.29, 1.82) is 0 Å². The summed E-state index contributed by atoms with van der Waals surface area (Å²) in [4.78, 5) is 15.0. The first-order chi connectivity index (χ1) is 15.2. The van der Waals surface area contributed by atoms with Crippen molar-refractivity contribution in [2.75, 3.05) is 18.8 Å². The number of aromatic nitrogens is 3. The molecule has 2 atom stereocenters. The molecule has 2 saturated carbocycles. The summed E-state index contributed by atoms with van der Waals surface area (Å²) in [6, 6.07) is 7.85. The zero-order valence-corrected chi connectivity index (χ0v) is 19.3. The van der Waals surface area contributed by atoms with Crippen LogP contribution >= 0.6 is 23.4 Å². The van der Waals surface area contributed by atoms with Gasteiger partial charge in [0.15, 0.2) is 11.0 Å². The molecule has 2 aromatic rings. The highest BCUT2D eigenvalue weighted by molar-refractivity contribution is 7.99.